The predicted molar refractivity (Wildman–Crippen MR) is 76.9 cm³/mol. The van der Waals surface area contributed by atoms with Crippen LogP contribution in [0.15, 0.2) is 23.3 Å². The summed E-state index contributed by atoms with van der Waals surface area (Å²) in [5, 5.41) is 0. The fourth-order valence-electron chi connectivity index (χ4n) is 3.12. The van der Waals surface area contributed by atoms with Crippen molar-refractivity contribution in [3.05, 3.63) is 23.3 Å². The van der Waals surface area contributed by atoms with Crippen molar-refractivity contribution < 1.29 is 9.59 Å². The highest BCUT2D eigenvalue weighted by atomic mass is 16.1. The van der Waals surface area contributed by atoms with E-state index in [0.29, 0.717) is 11.1 Å². The minimum absolute atomic E-state index is 0.00174. The lowest BCUT2D eigenvalue weighted by atomic mass is 9.85. The molecule has 104 valence electrons. The van der Waals surface area contributed by atoms with Gasteiger partial charge in [-0.2, -0.15) is 0 Å². The van der Waals surface area contributed by atoms with Gasteiger partial charge in [0.15, 0.2) is 11.6 Å². The highest BCUT2D eigenvalue weighted by molar-refractivity contribution is 6.19. The molecule has 2 aliphatic rings. The highest BCUT2D eigenvalue weighted by Gasteiger charge is 2.17. The van der Waals surface area contributed by atoms with Gasteiger partial charge in [0.25, 0.3) is 0 Å². The summed E-state index contributed by atoms with van der Waals surface area (Å²) in [6, 6.07) is 0. The second-order valence-electron chi connectivity index (χ2n) is 5.98. The summed E-state index contributed by atoms with van der Waals surface area (Å²) >= 11 is 0. The molecule has 0 radical (unpaired) electrons. The smallest absolute Gasteiger partial charge is 0.182 e. The van der Waals surface area contributed by atoms with Crippen LogP contribution < -0.4 is 0 Å². The molecule has 0 bridgehead atoms. The Hall–Kier alpha value is -1.18. The second-order valence-corrected chi connectivity index (χ2v) is 5.98. The Morgan fingerprint density at radius 1 is 1.00 bits per heavy atom. The first-order chi connectivity index (χ1) is 9.16. The fourth-order valence-corrected chi connectivity index (χ4v) is 3.12. The third-order valence-corrected chi connectivity index (χ3v) is 4.39. The molecule has 2 heteroatoms. The van der Waals surface area contributed by atoms with Gasteiger partial charge < -0.3 is 0 Å². The van der Waals surface area contributed by atoms with Gasteiger partial charge in [0.05, 0.1) is 0 Å². The van der Waals surface area contributed by atoms with Crippen molar-refractivity contribution in [1.82, 2.24) is 0 Å². The van der Waals surface area contributed by atoms with Crippen LogP contribution in [0.1, 0.15) is 64.7 Å². The maximum atomic E-state index is 11.7. The highest BCUT2D eigenvalue weighted by Crippen LogP contribution is 2.28. The van der Waals surface area contributed by atoms with E-state index in [1.165, 1.54) is 57.1 Å². The van der Waals surface area contributed by atoms with E-state index in [1.54, 1.807) is 6.92 Å². The summed E-state index contributed by atoms with van der Waals surface area (Å²) in [7, 11) is 0. The van der Waals surface area contributed by atoms with Crippen LogP contribution in [0.4, 0.5) is 0 Å². The zero-order valence-corrected chi connectivity index (χ0v) is 11.9. The molecule has 0 amide bonds. The maximum Gasteiger partial charge on any atom is 0.182 e. The maximum absolute atomic E-state index is 11.7. The molecule has 0 heterocycles. The quantitative estimate of drug-likeness (QED) is 0.549. The van der Waals surface area contributed by atoms with E-state index in [0.717, 1.165) is 18.8 Å². The number of carbonyl (C=O) groups excluding carboxylic acids is 2. The average Bonchev–Trinajstić information content (AvgIpc) is 2.41. The fraction of sp³-hybridized carbons (Fsp3) is 0.647. The predicted octanol–water partition coefficient (Wildman–Crippen LogP) is 4.15. The normalized spacial score (nSPS) is 21.3. The molecule has 0 N–H and O–H groups in total. The van der Waals surface area contributed by atoms with E-state index in [-0.39, 0.29) is 11.6 Å². The molecule has 0 aromatic carbocycles. The number of hydrogen-bond donors (Lipinski definition) is 0. The topological polar surface area (TPSA) is 34.1 Å². The summed E-state index contributed by atoms with van der Waals surface area (Å²) in [6.45, 7) is 1.70. The molecule has 0 aromatic heterocycles. The minimum atomic E-state index is 0.00174. The minimum Gasteiger partial charge on any atom is -0.290 e. The van der Waals surface area contributed by atoms with Crippen molar-refractivity contribution in [2.75, 3.05) is 0 Å². The molecular formula is C17H24O2. The first-order valence-corrected chi connectivity index (χ1v) is 7.64. The van der Waals surface area contributed by atoms with Crippen LogP contribution in [0, 0.1) is 5.92 Å². The average molecular weight is 260 g/mol. The number of hydrogen-bond acceptors (Lipinski definition) is 2. The number of unbranched alkanes of at least 4 members (excludes halogenated alkanes) is 1. The third-order valence-electron chi connectivity index (χ3n) is 4.39. The molecule has 19 heavy (non-hydrogen) atoms. The van der Waals surface area contributed by atoms with Crippen LogP contribution in [0.25, 0.3) is 0 Å². The molecule has 1 fully saturated rings. The van der Waals surface area contributed by atoms with Gasteiger partial charge in [-0.15, -0.1) is 0 Å². The zero-order chi connectivity index (χ0) is 13.7. The van der Waals surface area contributed by atoms with Crippen LogP contribution in [-0.2, 0) is 9.59 Å². The van der Waals surface area contributed by atoms with Crippen LogP contribution in [-0.4, -0.2) is 11.6 Å². The molecule has 1 saturated carbocycles. The lowest BCUT2D eigenvalue weighted by Gasteiger charge is -2.21. The Morgan fingerprint density at radius 2 is 1.74 bits per heavy atom. The number of rotatable bonds is 5. The van der Waals surface area contributed by atoms with E-state index >= 15 is 0 Å². The van der Waals surface area contributed by atoms with E-state index < -0.39 is 0 Å². The first-order valence-electron chi connectivity index (χ1n) is 7.64. The molecule has 0 unspecified atom stereocenters. The Kier molecular flexibility index (Phi) is 5.12. The Labute approximate surface area is 116 Å². The molecule has 0 saturated heterocycles. The van der Waals surface area contributed by atoms with E-state index in [1.807, 2.05) is 0 Å². The zero-order valence-electron chi connectivity index (χ0n) is 11.9. The second kappa shape index (κ2) is 6.83. The van der Waals surface area contributed by atoms with Crippen LogP contribution >= 0.6 is 0 Å². The van der Waals surface area contributed by atoms with Gasteiger partial charge in [0, 0.05) is 11.1 Å². The lowest BCUT2D eigenvalue weighted by Crippen LogP contribution is -2.11. The lowest BCUT2D eigenvalue weighted by molar-refractivity contribution is -0.115. The van der Waals surface area contributed by atoms with Gasteiger partial charge in [0.1, 0.15) is 0 Å². The van der Waals surface area contributed by atoms with Gasteiger partial charge in [-0.25, -0.2) is 0 Å². The van der Waals surface area contributed by atoms with Gasteiger partial charge in [-0.05, 0) is 37.8 Å². The van der Waals surface area contributed by atoms with Gasteiger partial charge in [0.2, 0.25) is 0 Å². The summed E-state index contributed by atoms with van der Waals surface area (Å²) < 4.78 is 0. The number of allylic oxidation sites excluding steroid dienone is 4. The van der Waals surface area contributed by atoms with Crippen molar-refractivity contribution in [1.29, 1.82) is 0 Å². The summed E-state index contributed by atoms with van der Waals surface area (Å²) in [4.78, 5) is 23.3. The summed E-state index contributed by atoms with van der Waals surface area (Å²) in [5.41, 5.74) is 1.27. The Bertz CT molecular complexity index is 409. The van der Waals surface area contributed by atoms with Crippen molar-refractivity contribution >= 4 is 11.6 Å². The number of carbonyl (C=O) groups is 2. The summed E-state index contributed by atoms with van der Waals surface area (Å²) in [6.07, 6.45) is 14.3. The van der Waals surface area contributed by atoms with Gasteiger partial charge >= 0.3 is 0 Å². The van der Waals surface area contributed by atoms with E-state index in [9.17, 15) is 9.59 Å². The first kappa shape index (κ1) is 14.2. The van der Waals surface area contributed by atoms with Gasteiger partial charge in [-0.3, -0.25) is 9.59 Å². The van der Waals surface area contributed by atoms with Crippen molar-refractivity contribution in [3.8, 4) is 0 Å². The van der Waals surface area contributed by atoms with E-state index in [4.69, 9.17) is 0 Å². The van der Waals surface area contributed by atoms with Crippen molar-refractivity contribution in [2.45, 2.75) is 64.7 Å². The molecular weight excluding hydrogens is 236 g/mol. The van der Waals surface area contributed by atoms with Crippen molar-refractivity contribution in [2.24, 2.45) is 5.92 Å². The van der Waals surface area contributed by atoms with Crippen LogP contribution in [0.2, 0.25) is 0 Å². The van der Waals surface area contributed by atoms with Crippen LogP contribution in [0.5, 0.6) is 0 Å². The Balaban J connectivity index is 1.69. The SMILES string of the molecule is CC1=CC(=O)C(CCCCC2CCCCC2)=CC1=O. The molecule has 2 nitrogen and oxygen atoms in total. The summed E-state index contributed by atoms with van der Waals surface area (Å²) in [5.74, 6) is 0.949. The monoisotopic (exact) mass is 260 g/mol. The number of ketones is 2. The molecule has 0 aliphatic heterocycles. The largest absolute Gasteiger partial charge is 0.290 e. The third kappa shape index (κ3) is 4.15. The van der Waals surface area contributed by atoms with Crippen LogP contribution in [0.3, 0.4) is 0 Å². The molecule has 0 spiro atoms. The molecule has 2 aliphatic carbocycles. The van der Waals surface area contributed by atoms with E-state index in [2.05, 4.69) is 0 Å². The van der Waals surface area contributed by atoms with Gasteiger partial charge in [-0.1, -0.05) is 44.9 Å². The Morgan fingerprint density at radius 3 is 2.47 bits per heavy atom. The standard InChI is InChI=1S/C17H24O2/c1-13-11-17(19)15(12-16(13)18)10-6-5-9-14-7-3-2-4-8-14/h11-12,14H,2-10H2,1H3. The molecule has 0 aromatic rings. The molecule has 0 atom stereocenters. The molecule has 2 rings (SSSR count). The van der Waals surface area contributed by atoms with Crippen molar-refractivity contribution in [3.63, 3.8) is 0 Å².